The highest BCUT2D eigenvalue weighted by Gasteiger charge is 2.31. The van der Waals surface area contributed by atoms with E-state index in [9.17, 15) is 22.0 Å². The number of benzene rings is 1. The van der Waals surface area contributed by atoms with Gasteiger partial charge in [-0.3, -0.25) is 4.98 Å². The highest BCUT2D eigenvalue weighted by molar-refractivity contribution is 5.56. The molecule has 0 amide bonds. The summed E-state index contributed by atoms with van der Waals surface area (Å²) in [6.45, 7) is 3.95. The number of aromatic nitrogens is 3. The first-order valence-electron chi connectivity index (χ1n) is 8.36. The Bertz CT molecular complexity index is 928. The molecule has 2 heterocycles. The van der Waals surface area contributed by atoms with E-state index in [0.717, 1.165) is 24.3 Å². The van der Waals surface area contributed by atoms with Gasteiger partial charge in [0.15, 0.2) is 5.82 Å². The average molecular weight is 396 g/mol. The summed E-state index contributed by atoms with van der Waals surface area (Å²) < 4.78 is 65.1. The van der Waals surface area contributed by atoms with Crippen molar-refractivity contribution in [3.63, 3.8) is 0 Å². The van der Waals surface area contributed by atoms with Crippen molar-refractivity contribution in [2.24, 2.45) is 0 Å². The van der Waals surface area contributed by atoms with Gasteiger partial charge in [-0.2, -0.15) is 13.2 Å². The first-order chi connectivity index (χ1) is 13.3. The summed E-state index contributed by atoms with van der Waals surface area (Å²) in [7, 11) is 0. The third-order valence-corrected chi connectivity index (χ3v) is 3.45. The molecule has 1 aromatic carbocycles. The molecule has 0 saturated heterocycles. The molecule has 0 unspecified atom stereocenters. The first-order valence-corrected chi connectivity index (χ1v) is 8.36. The SMILES string of the molecule is CC.Fc1ccc(F)c(CNc2ccnc(-c3cncc(C(F)(F)F)c3)n2)c1. The van der Waals surface area contributed by atoms with Gasteiger partial charge in [-0.15, -0.1) is 0 Å². The van der Waals surface area contributed by atoms with Crippen LogP contribution in [0.5, 0.6) is 0 Å². The number of rotatable bonds is 4. The van der Waals surface area contributed by atoms with Crippen LogP contribution in [-0.2, 0) is 12.7 Å². The molecule has 28 heavy (non-hydrogen) atoms. The zero-order chi connectivity index (χ0) is 20.7. The van der Waals surface area contributed by atoms with Crippen molar-refractivity contribution in [3.8, 4) is 11.4 Å². The number of nitrogens with zero attached hydrogens (tertiary/aromatic N) is 3. The van der Waals surface area contributed by atoms with Crippen LogP contribution in [0.4, 0.5) is 27.8 Å². The molecule has 4 nitrogen and oxygen atoms in total. The quantitative estimate of drug-likeness (QED) is 0.594. The van der Waals surface area contributed by atoms with E-state index >= 15 is 0 Å². The molecule has 0 radical (unpaired) electrons. The molecular formula is C19H17F5N4. The maximum atomic E-state index is 13.6. The Morgan fingerprint density at radius 2 is 1.75 bits per heavy atom. The van der Waals surface area contributed by atoms with Gasteiger partial charge in [0.05, 0.1) is 5.56 Å². The summed E-state index contributed by atoms with van der Waals surface area (Å²) in [5.74, 6) is -0.902. The Balaban J connectivity index is 0.00000136. The van der Waals surface area contributed by atoms with Crippen molar-refractivity contribution in [2.75, 3.05) is 5.32 Å². The Morgan fingerprint density at radius 1 is 1.00 bits per heavy atom. The second kappa shape index (κ2) is 9.20. The lowest BCUT2D eigenvalue weighted by Crippen LogP contribution is -2.07. The Kier molecular flexibility index (Phi) is 6.97. The molecule has 0 bridgehead atoms. The third-order valence-electron chi connectivity index (χ3n) is 3.45. The molecule has 0 saturated carbocycles. The molecule has 3 aromatic rings. The number of halogens is 5. The molecule has 9 heteroatoms. The van der Waals surface area contributed by atoms with E-state index < -0.39 is 23.4 Å². The van der Waals surface area contributed by atoms with Crippen LogP contribution in [0.3, 0.4) is 0 Å². The molecule has 0 atom stereocenters. The highest BCUT2D eigenvalue weighted by atomic mass is 19.4. The van der Waals surface area contributed by atoms with Crippen molar-refractivity contribution in [2.45, 2.75) is 26.6 Å². The van der Waals surface area contributed by atoms with E-state index in [1.807, 2.05) is 13.8 Å². The van der Waals surface area contributed by atoms with Crippen molar-refractivity contribution in [1.82, 2.24) is 15.0 Å². The van der Waals surface area contributed by atoms with Crippen molar-refractivity contribution >= 4 is 5.82 Å². The minimum absolute atomic E-state index is 0.0216. The van der Waals surface area contributed by atoms with Crippen LogP contribution in [0.1, 0.15) is 25.0 Å². The van der Waals surface area contributed by atoms with Crippen LogP contribution in [-0.4, -0.2) is 15.0 Å². The monoisotopic (exact) mass is 396 g/mol. The van der Waals surface area contributed by atoms with Gasteiger partial charge in [-0.25, -0.2) is 18.7 Å². The second-order valence-electron chi connectivity index (χ2n) is 5.31. The van der Waals surface area contributed by atoms with E-state index in [1.165, 1.54) is 18.5 Å². The van der Waals surface area contributed by atoms with Crippen LogP contribution in [0, 0.1) is 11.6 Å². The normalized spacial score (nSPS) is 10.8. The molecule has 148 valence electrons. The number of hydrogen-bond donors (Lipinski definition) is 1. The molecule has 0 spiro atoms. The number of alkyl halides is 3. The topological polar surface area (TPSA) is 50.7 Å². The van der Waals surface area contributed by atoms with Crippen LogP contribution >= 0.6 is 0 Å². The number of pyridine rings is 1. The van der Waals surface area contributed by atoms with Crippen LogP contribution in [0.15, 0.2) is 48.9 Å². The molecule has 3 rings (SSSR count). The average Bonchev–Trinajstić information content (AvgIpc) is 2.70. The third kappa shape index (κ3) is 5.45. The molecule has 1 N–H and O–H groups in total. The zero-order valence-corrected chi connectivity index (χ0v) is 15.1. The lowest BCUT2D eigenvalue weighted by Gasteiger charge is -2.09. The highest BCUT2D eigenvalue weighted by Crippen LogP contribution is 2.30. The first kappa shape index (κ1) is 21.2. The van der Waals surface area contributed by atoms with Gasteiger partial charge in [0.25, 0.3) is 0 Å². The fourth-order valence-corrected chi connectivity index (χ4v) is 2.18. The summed E-state index contributed by atoms with van der Waals surface area (Å²) in [4.78, 5) is 11.6. The van der Waals surface area contributed by atoms with E-state index in [-0.39, 0.29) is 29.3 Å². The molecule has 2 aromatic heterocycles. The summed E-state index contributed by atoms with van der Waals surface area (Å²) >= 11 is 0. The minimum Gasteiger partial charge on any atom is -0.366 e. The Labute approximate surface area is 158 Å². The van der Waals surface area contributed by atoms with E-state index in [2.05, 4.69) is 20.3 Å². The predicted octanol–water partition coefficient (Wildman–Crippen LogP) is 5.47. The van der Waals surface area contributed by atoms with Gasteiger partial charge in [0.1, 0.15) is 17.5 Å². The Morgan fingerprint density at radius 3 is 2.46 bits per heavy atom. The lowest BCUT2D eigenvalue weighted by atomic mass is 10.2. The largest absolute Gasteiger partial charge is 0.417 e. The second-order valence-corrected chi connectivity index (χ2v) is 5.31. The lowest BCUT2D eigenvalue weighted by molar-refractivity contribution is -0.137. The van der Waals surface area contributed by atoms with Crippen LogP contribution in [0.2, 0.25) is 0 Å². The summed E-state index contributed by atoms with van der Waals surface area (Å²) in [5, 5.41) is 2.78. The number of nitrogens with one attached hydrogen (secondary N) is 1. The maximum absolute atomic E-state index is 13.6. The van der Waals surface area contributed by atoms with Crippen molar-refractivity contribution in [3.05, 3.63) is 71.7 Å². The van der Waals surface area contributed by atoms with Crippen LogP contribution in [0.25, 0.3) is 11.4 Å². The van der Waals surface area contributed by atoms with E-state index in [4.69, 9.17) is 0 Å². The fourth-order valence-electron chi connectivity index (χ4n) is 2.18. The molecule has 0 aliphatic carbocycles. The smallest absolute Gasteiger partial charge is 0.366 e. The van der Waals surface area contributed by atoms with E-state index in [0.29, 0.717) is 6.20 Å². The zero-order valence-electron chi connectivity index (χ0n) is 15.1. The number of anilines is 1. The predicted molar refractivity (Wildman–Crippen MR) is 95.3 cm³/mol. The summed E-state index contributed by atoms with van der Waals surface area (Å²) in [6.07, 6.45) is -1.28. The summed E-state index contributed by atoms with van der Waals surface area (Å²) in [5.41, 5.74) is -0.745. The van der Waals surface area contributed by atoms with Gasteiger partial charge in [0.2, 0.25) is 0 Å². The van der Waals surface area contributed by atoms with Crippen molar-refractivity contribution in [1.29, 1.82) is 0 Å². The van der Waals surface area contributed by atoms with Gasteiger partial charge in [-0.1, -0.05) is 13.8 Å². The Hall–Kier alpha value is -3.10. The van der Waals surface area contributed by atoms with Gasteiger partial charge in [-0.05, 0) is 30.3 Å². The standard InChI is InChI=1S/C17H11F5N4.C2H6/c18-13-1-2-14(19)10(6-13)8-25-15-3-4-24-16(26-15)11-5-12(9-23-7-11)17(20,21)22;1-2/h1-7,9H,8H2,(H,24,25,26);1-2H3. The number of hydrogen-bond acceptors (Lipinski definition) is 4. The van der Waals surface area contributed by atoms with Gasteiger partial charge in [0, 0.05) is 36.3 Å². The van der Waals surface area contributed by atoms with Gasteiger partial charge < -0.3 is 5.32 Å². The molecule has 0 aliphatic heterocycles. The fraction of sp³-hybridized carbons (Fsp3) is 0.211. The summed E-state index contributed by atoms with van der Waals surface area (Å²) in [6, 6.07) is 5.40. The van der Waals surface area contributed by atoms with E-state index in [1.54, 1.807) is 0 Å². The molecule has 0 aliphatic rings. The van der Waals surface area contributed by atoms with Crippen molar-refractivity contribution < 1.29 is 22.0 Å². The van der Waals surface area contributed by atoms with Crippen LogP contribution < -0.4 is 5.32 Å². The molecule has 0 fully saturated rings. The minimum atomic E-state index is -4.53. The van der Waals surface area contributed by atoms with Gasteiger partial charge >= 0.3 is 6.18 Å². The molecular weight excluding hydrogens is 379 g/mol. The maximum Gasteiger partial charge on any atom is 0.417 e.